The number of hydrogen-bond acceptors (Lipinski definition) is 10. The number of benzene rings is 2. The van der Waals surface area contributed by atoms with Crippen molar-refractivity contribution in [2.45, 2.75) is 31.2 Å². The quantitative estimate of drug-likeness (QED) is 0.302. The summed E-state index contributed by atoms with van der Waals surface area (Å²) in [7, 11) is 3.30. The van der Waals surface area contributed by atoms with Gasteiger partial charge in [-0.15, -0.1) is 0 Å². The number of ether oxygens (including phenoxy) is 1. The average molecular weight is 656 g/mol. The molecule has 6 aromatic rings. The molecule has 0 radical (unpaired) electrons. The molecule has 16 heteroatoms. The lowest BCUT2D eigenvalue weighted by Crippen LogP contribution is -2.47. The molecule has 0 spiro atoms. The molecular weight excluding hydrogens is 627 g/mol. The first kappa shape index (κ1) is 29.7. The van der Waals surface area contributed by atoms with Crippen LogP contribution < -0.4 is 10.2 Å². The first-order valence-electron chi connectivity index (χ1n) is 15.2. The van der Waals surface area contributed by atoms with Gasteiger partial charge in [-0.2, -0.15) is 5.10 Å². The van der Waals surface area contributed by atoms with Crippen LogP contribution in [0.15, 0.2) is 61.4 Å². The second kappa shape index (κ2) is 11.6. The second-order valence-electron chi connectivity index (χ2n) is 11.9. The van der Waals surface area contributed by atoms with Crippen LogP contribution in [0.2, 0.25) is 0 Å². The highest BCUT2D eigenvalue weighted by atomic mass is 19.1. The van der Waals surface area contributed by atoms with E-state index in [0.29, 0.717) is 59.0 Å². The van der Waals surface area contributed by atoms with Crippen molar-refractivity contribution in [1.82, 2.24) is 44.2 Å². The third-order valence-electron chi connectivity index (χ3n) is 8.87. The monoisotopic (exact) mass is 655 g/mol. The Kier molecular flexibility index (Phi) is 7.16. The highest BCUT2D eigenvalue weighted by molar-refractivity contribution is 5.93. The van der Waals surface area contributed by atoms with E-state index < -0.39 is 29.6 Å². The van der Waals surface area contributed by atoms with Gasteiger partial charge in [0, 0.05) is 57.2 Å². The zero-order valence-electron chi connectivity index (χ0n) is 25.8. The molecule has 1 amide bonds. The Morgan fingerprint density at radius 3 is 2.69 bits per heavy atom. The summed E-state index contributed by atoms with van der Waals surface area (Å²) >= 11 is 0. The molecule has 3 atom stereocenters. The van der Waals surface area contributed by atoms with E-state index in [4.69, 9.17) is 9.72 Å². The fraction of sp³-hybridized carbons (Fsp3) is 0.281. The summed E-state index contributed by atoms with van der Waals surface area (Å²) in [6.07, 6.45) is 5.99. The molecule has 244 valence electrons. The molecule has 0 saturated carbocycles. The number of anilines is 2. The fourth-order valence-corrected chi connectivity index (χ4v) is 6.64. The summed E-state index contributed by atoms with van der Waals surface area (Å²) in [5, 5.41) is 8.19. The second-order valence-corrected chi connectivity index (χ2v) is 11.9. The van der Waals surface area contributed by atoms with Crippen LogP contribution in [0, 0.1) is 17.5 Å². The fourth-order valence-electron chi connectivity index (χ4n) is 6.64. The molecule has 1 fully saturated rings. The van der Waals surface area contributed by atoms with Crippen LogP contribution >= 0.6 is 0 Å². The van der Waals surface area contributed by atoms with E-state index in [9.17, 15) is 18.0 Å². The van der Waals surface area contributed by atoms with Gasteiger partial charge in [-0.25, -0.2) is 42.8 Å². The Labute approximate surface area is 271 Å². The highest BCUT2D eigenvalue weighted by Crippen LogP contribution is 2.34. The molecular formula is C32H28F3N11O2. The Balaban J connectivity index is 1.22. The molecule has 13 nitrogen and oxygen atoms in total. The highest BCUT2D eigenvalue weighted by Gasteiger charge is 2.41. The van der Waals surface area contributed by atoms with Crippen LogP contribution in [0.25, 0.3) is 39.0 Å². The van der Waals surface area contributed by atoms with Crippen molar-refractivity contribution in [2.24, 2.45) is 0 Å². The number of fused-ring (bicyclic) bond motifs is 6. The number of carbonyl (C=O) groups excluding carboxylic acids is 1. The summed E-state index contributed by atoms with van der Waals surface area (Å²) in [5.74, 6) is -1.40. The van der Waals surface area contributed by atoms with Crippen LogP contribution in [0.1, 0.15) is 6.42 Å². The van der Waals surface area contributed by atoms with Crippen LogP contribution in [0.3, 0.4) is 0 Å². The van der Waals surface area contributed by atoms with Gasteiger partial charge in [-0.05, 0) is 30.7 Å². The molecule has 1 N–H and O–H groups in total. The van der Waals surface area contributed by atoms with E-state index in [-0.39, 0.29) is 29.8 Å². The molecule has 48 heavy (non-hydrogen) atoms. The van der Waals surface area contributed by atoms with Crippen LogP contribution in [0.5, 0.6) is 0 Å². The van der Waals surface area contributed by atoms with Gasteiger partial charge in [0.25, 0.3) is 0 Å². The summed E-state index contributed by atoms with van der Waals surface area (Å²) in [5.41, 5.74) is 2.51. The van der Waals surface area contributed by atoms with Crippen molar-refractivity contribution >= 4 is 39.7 Å². The number of aromatic nitrogens is 8. The minimum atomic E-state index is -0.801. The van der Waals surface area contributed by atoms with Crippen LogP contribution in [-0.4, -0.2) is 95.5 Å². The van der Waals surface area contributed by atoms with E-state index in [1.165, 1.54) is 35.4 Å². The Bertz CT molecular complexity index is 2210. The summed E-state index contributed by atoms with van der Waals surface area (Å²) in [4.78, 5) is 40.2. The van der Waals surface area contributed by atoms with Gasteiger partial charge < -0.3 is 24.4 Å². The van der Waals surface area contributed by atoms with Crippen molar-refractivity contribution in [3.8, 4) is 16.9 Å². The predicted molar refractivity (Wildman–Crippen MR) is 169 cm³/mol. The smallest absolute Gasteiger partial charge is 0.245 e. The lowest BCUT2D eigenvalue weighted by atomic mass is 10.1. The lowest BCUT2D eigenvalue weighted by molar-refractivity contribution is -0.132. The molecule has 2 aliphatic heterocycles. The zero-order valence-corrected chi connectivity index (χ0v) is 25.8. The Morgan fingerprint density at radius 2 is 1.85 bits per heavy atom. The molecule has 4 aromatic heterocycles. The average Bonchev–Trinajstić information content (AvgIpc) is 3.80. The molecule has 8 rings (SSSR count). The maximum atomic E-state index is 14.8. The number of halogens is 3. The maximum Gasteiger partial charge on any atom is 0.245 e. The molecule has 2 aliphatic rings. The number of nitrogens with one attached hydrogen (secondary N) is 1. The normalized spacial score (nSPS) is 19.9. The van der Waals surface area contributed by atoms with Crippen molar-refractivity contribution in [3.63, 3.8) is 0 Å². The molecule has 6 heterocycles. The lowest BCUT2D eigenvalue weighted by Gasteiger charge is -2.30. The van der Waals surface area contributed by atoms with Crippen molar-refractivity contribution in [3.05, 3.63) is 78.9 Å². The van der Waals surface area contributed by atoms with Gasteiger partial charge in [-0.3, -0.25) is 4.79 Å². The van der Waals surface area contributed by atoms with Crippen molar-refractivity contribution in [2.75, 3.05) is 37.5 Å². The van der Waals surface area contributed by atoms with Crippen molar-refractivity contribution in [1.29, 1.82) is 0 Å². The Morgan fingerprint density at radius 1 is 0.979 bits per heavy atom. The SMILES string of the molecule is COC1CN(C)C(=O)[C@@H]2C[C@@H](CN2c2ncnc3c2cnn3-c2ccc(F)cc2F)Nc2nccc(n2)-c2cc(F)cc3ncn(c23)C1. The summed E-state index contributed by atoms with van der Waals surface area (Å²) in [6, 6.07) is 6.73. The van der Waals surface area contributed by atoms with E-state index >= 15 is 0 Å². The Hall–Kier alpha value is -5.64. The van der Waals surface area contributed by atoms with Crippen LogP contribution in [0.4, 0.5) is 24.9 Å². The number of imidazole rings is 1. The number of carbonyl (C=O) groups is 1. The zero-order chi connectivity index (χ0) is 33.1. The van der Waals surface area contributed by atoms with Gasteiger partial charge >= 0.3 is 0 Å². The van der Waals surface area contributed by atoms with E-state index in [0.717, 1.165) is 12.1 Å². The third-order valence-corrected chi connectivity index (χ3v) is 8.87. The summed E-state index contributed by atoms with van der Waals surface area (Å²) in [6.45, 7) is 0.912. The van der Waals surface area contributed by atoms with Crippen LogP contribution in [-0.2, 0) is 16.1 Å². The van der Waals surface area contributed by atoms with Crippen molar-refractivity contribution < 1.29 is 22.7 Å². The standard InChI is InChI=1S/C32H28F3N11O2/c1-43-13-20(48-2)14-44-16-39-25-9-18(34)7-21(28(25)44)24-5-6-36-32(42-24)41-19-10-27(31(43)47)45(12-19)29-22-11-40-46(30(22)38-15-37-29)26-4-3-17(33)8-23(26)35/h3-9,11,15-16,19-20,27H,10,12-14H2,1-2H3,(H,36,41,42)/t19-,20?,27-/m0/s1. The molecule has 0 aliphatic carbocycles. The number of rotatable bonds is 3. The van der Waals surface area contributed by atoms with E-state index in [2.05, 4.69) is 30.4 Å². The summed E-state index contributed by atoms with van der Waals surface area (Å²) < 4.78 is 52.2. The van der Waals surface area contributed by atoms with Gasteiger partial charge in [0.15, 0.2) is 11.5 Å². The minimum absolute atomic E-state index is 0.0186. The van der Waals surface area contributed by atoms with Gasteiger partial charge in [0.1, 0.15) is 35.5 Å². The molecule has 2 aromatic carbocycles. The van der Waals surface area contributed by atoms with Gasteiger partial charge in [0.05, 0.1) is 47.3 Å². The molecule has 1 saturated heterocycles. The number of amides is 1. The van der Waals surface area contributed by atoms with Gasteiger partial charge in [-0.1, -0.05) is 0 Å². The number of likely N-dealkylation sites (N-methyl/N-ethyl adjacent to an activating group) is 1. The molecule has 1 unspecified atom stereocenters. The number of nitrogens with zero attached hydrogens (tertiary/aromatic N) is 10. The first-order chi connectivity index (χ1) is 23.3. The predicted octanol–water partition coefficient (Wildman–Crippen LogP) is 3.59. The minimum Gasteiger partial charge on any atom is -0.378 e. The molecule has 4 bridgehead atoms. The van der Waals surface area contributed by atoms with E-state index in [1.807, 2.05) is 9.47 Å². The first-order valence-corrected chi connectivity index (χ1v) is 15.2. The third kappa shape index (κ3) is 5.04. The maximum absolute atomic E-state index is 14.8. The topological polar surface area (TPSA) is 132 Å². The largest absolute Gasteiger partial charge is 0.378 e. The number of methoxy groups -OCH3 is 1. The van der Waals surface area contributed by atoms with Gasteiger partial charge in [0.2, 0.25) is 11.9 Å². The number of hydrogen-bond donors (Lipinski definition) is 1. The van der Waals surface area contributed by atoms with E-state index in [1.54, 1.807) is 37.6 Å².